The number of benzene rings is 1. The number of anilines is 1. The molecule has 1 aromatic carbocycles. The minimum atomic E-state index is 0.326. The van der Waals surface area contributed by atoms with Crippen molar-refractivity contribution >= 4 is 5.82 Å². The standard InChI is InChI=1S/C14H17N5/c1-4-5-16-14-13(9-15)17-19(18-14)12-7-10(2)6-11(3)8-12/h6-8H,4-5H2,1-3H3,(H,16,18). The van der Waals surface area contributed by atoms with E-state index in [0.29, 0.717) is 11.5 Å². The predicted molar refractivity (Wildman–Crippen MR) is 74.3 cm³/mol. The van der Waals surface area contributed by atoms with E-state index in [2.05, 4.69) is 34.6 Å². The van der Waals surface area contributed by atoms with E-state index in [0.717, 1.165) is 29.8 Å². The van der Waals surface area contributed by atoms with Crippen LogP contribution >= 0.6 is 0 Å². The van der Waals surface area contributed by atoms with Crippen molar-refractivity contribution in [1.82, 2.24) is 15.0 Å². The van der Waals surface area contributed by atoms with E-state index in [4.69, 9.17) is 5.26 Å². The molecule has 0 aliphatic heterocycles. The summed E-state index contributed by atoms with van der Waals surface area (Å²) >= 11 is 0. The minimum Gasteiger partial charge on any atom is -0.366 e. The maximum atomic E-state index is 9.08. The van der Waals surface area contributed by atoms with Gasteiger partial charge in [0.15, 0.2) is 5.82 Å². The van der Waals surface area contributed by atoms with E-state index in [1.807, 2.05) is 26.0 Å². The molecule has 0 radical (unpaired) electrons. The lowest BCUT2D eigenvalue weighted by Gasteiger charge is -2.03. The van der Waals surface area contributed by atoms with Gasteiger partial charge in [-0.1, -0.05) is 13.0 Å². The molecule has 0 aliphatic carbocycles. The Morgan fingerprint density at radius 1 is 1.21 bits per heavy atom. The summed E-state index contributed by atoms with van der Waals surface area (Å²) in [6.07, 6.45) is 0.973. The van der Waals surface area contributed by atoms with Crippen LogP contribution in [0.5, 0.6) is 0 Å². The molecule has 1 N–H and O–H groups in total. The van der Waals surface area contributed by atoms with Crippen LogP contribution in [0, 0.1) is 25.2 Å². The lowest BCUT2D eigenvalue weighted by Crippen LogP contribution is -2.03. The number of aromatic nitrogens is 3. The molecule has 0 atom stereocenters. The number of nitriles is 1. The van der Waals surface area contributed by atoms with Crippen LogP contribution in [0.1, 0.15) is 30.2 Å². The van der Waals surface area contributed by atoms with E-state index >= 15 is 0 Å². The maximum absolute atomic E-state index is 9.08. The molecule has 0 unspecified atom stereocenters. The normalized spacial score (nSPS) is 10.2. The summed E-state index contributed by atoms with van der Waals surface area (Å²) in [5.74, 6) is 0.545. The molecule has 19 heavy (non-hydrogen) atoms. The van der Waals surface area contributed by atoms with Gasteiger partial charge < -0.3 is 5.32 Å². The van der Waals surface area contributed by atoms with Crippen molar-refractivity contribution < 1.29 is 0 Å². The van der Waals surface area contributed by atoms with Crippen molar-refractivity contribution in [3.63, 3.8) is 0 Å². The highest BCUT2D eigenvalue weighted by Gasteiger charge is 2.11. The van der Waals surface area contributed by atoms with Gasteiger partial charge >= 0.3 is 0 Å². The molecule has 0 spiro atoms. The lowest BCUT2D eigenvalue weighted by atomic mass is 10.1. The van der Waals surface area contributed by atoms with Gasteiger partial charge in [-0.25, -0.2) is 0 Å². The Labute approximate surface area is 112 Å². The van der Waals surface area contributed by atoms with Crippen molar-refractivity contribution in [2.24, 2.45) is 0 Å². The monoisotopic (exact) mass is 255 g/mol. The highest BCUT2D eigenvalue weighted by atomic mass is 15.5. The number of rotatable bonds is 4. The third-order valence-electron chi connectivity index (χ3n) is 2.70. The fourth-order valence-electron chi connectivity index (χ4n) is 1.93. The average molecular weight is 255 g/mol. The molecular formula is C14H17N5. The summed E-state index contributed by atoms with van der Waals surface area (Å²) < 4.78 is 0. The van der Waals surface area contributed by atoms with E-state index in [-0.39, 0.29) is 0 Å². The number of nitrogens with one attached hydrogen (secondary N) is 1. The highest BCUT2D eigenvalue weighted by Crippen LogP contribution is 2.15. The van der Waals surface area contributed by atoms with Crippen LogP contribution in [0.15, 0.2) is 18.2 Å². The van der Waals surface area contributed by atoms with Crippen molar-refractivity contribution in [2.75, 3.05) is 11.9 Å². The van der Waals surface area contributed by atoms with Gasteiger partial charge in [-0.3, -0.25) is 0 Å². The molecule has 0 saturated carbocycles. The molecule has 0 amide bonds. The Hall–Kier alpha value is -2.35. The molecule has 0 bridgehead atoms. The number of aryl methyl sites for hydroxylation is 2. The van der Waals surface area contributed by atoms with Crippen LogP contribution in [0.4, 0.5) is 5.82 Å². The summed E-state index contributed by atoms with van der Waals surface area (Å²) in [5.41, 5.74) is 3.49. The van der Waals surface area contributed by atoms with Crippen LogP contribution in [-0.2, 0) is 0 Å². The first-order chi connectivity index (χ1) is 9.13. The molecule has 0 saturated heterocycles. The fourth-order valence-corrected chi connectivity index (χ4v) is 1.93. The molecule has 5 nitrogen and oxygen atoms in total. The topological polar surface area (TPSA) is 66.5 Å². The summed E-state index contributed by atoms with van der Waals surface area (Å²) in [7, 11) is 0. The third-order valence-corrected chi connectivity index (χ3v) is 2.70. The SMILES string of the molecule is CCCNc1nn(-c2cc(C)cc(C)c2)nc1C#N. The molecule has 2 rings (SSSR count). The Kier molecular flexibility index (Phi) is 3.81. The third kappa shape index (κ3) is 2.91. The second-order valence-electron chi connectivity index (χ2n) is 4.57. The van der Waals surface area contributed by atoms with Gasteiger partial charge in [0.1, 0.15) is 6.07 Å². The average Bonchev–Trinajstić information content (AvgIpc) is 2.78. The van der Waals surface area contributed by atoms with Crippen LogP contribution in [-0.4, -0.2) is 21.5 Å². The quantitative estimate of drug-likeness (QED) is 0.911. The molecule has 1 heterocycles. The second-order valence-corrected chi connectivity index (χ2v) is 4.57. The molecule has 1 aromatic heterocycles. The number of hydrogen-bond donors (Lipinski definition) is 1. The maximum Gasteiger partial charge on any atom is 0.207 e. The molecule has 0 fully saturated rings. The van der Waals surface area contributed by atoms with Crippen molar-refractivity contribution in [3.05, 3.63) is 35.0 Å². The zero-order valence-corrected chi connectivity index (χ0v) is 11.4. The second kappa shape index (κ2) is 5.53. The smallest absolute Gasteiger partial charge is 0.207 e. The fraction of sp³-hybridized carbons (Fsp3) is 0.357. The van der Waals surface area contributed by atoms with Gasteiger partial charge in [-0.2, -0.15) is 5.26 Å². The van der Waals surface area contributed by atoms with E-state index in [9.17, 15) is 0 Å². The summed E-state index contributed by atoms with van der Waals surface area (Å²) in [4.78, 5) is 1.51. The molecular weight excluding hydrogens is 238 g/mol. The van der Waals surface area contributed by atoms with Crippen LogP contribution in [0.3, 0.4) is 0 Å². The van der Waals surface area contributed by atoms with Gasteiger partial charge in [-0.15, -0.1) is 15.0 Å². The van der Waals surface area contributed by atoms with Gasteiger partial charge in [-0.05, 0) is 43.5 Å². The molecule has 5 heteroatoms. The molecule has 98 valence electrons. The molecule has 2 aromatic rings. The van der Waals surface area contributed by atoms with Crippen molar-refractivity contribution in [2.45, 2.75) is 27.2 Å². The van der Waals surface area contributed by atoms with Gasteiger partial charge in [0, 0.05) is 6.54 Å². The van der Waals surface area contributed by atoms with Gasteiger partial charge in [0.2, 0.25) is 5.69 Å². The van der Waals surface area contributed by atoms with Crippen LogP contribution in [0.2, 0.25) is 0 Å². The van der Waals surface area contributed by atoms with Gasteiger partial charge in [0.05, 0.1) is 5.69 Å². The summed E-state index contributed by atoms with van der Waals surface area (Å²) in [6, 6.07) is 8.15. The predicted octanol–water partition coefficient (Wildman–Crippen LogP) is 2.58. The van der Waals surface area contributed by atoms with Crippen molar-refractivity contribution in [1.29, 1.82) is 5.26 Å². The summed E-state index contributed by atoms with van der Waals surface area (Å²) in [6.45, 7) is 6.90. The van der Waals surface area contributed by atoms with E-state index < -0.39 is 0 Å². The van der Waals surface area contributed by atoms with Crippen LogP contribution in [0.25, 0.3) is 5.69 Å². The number of hydrogen-bond acceptors (Lipinski definition) is 4. The lowest BCUT2D eigenvalue weighted by molar-refractivity contribution is 0.748. The van der Waals surface area contributed by atoms with E-state index in [1.54, 1.807) is 0 Å². The zero-order chi connectivity index (χ0) is 13.8. The first kappa shape index (κ1) is 13.1. The van der Waals surface area contributed by atoms with Crippen molar-refractivity contribution in [3.8, 4) is 11.8 Å². The van der Waals surface area contributed by atoms with E-state index in [1.165, 1.54) is 4.80 Å². The largest absolute Gasteiger partial charge is 0.366 e. The Morgan fingerprint density at radius 3 is 2.47 bits per heavy atom. The Balaban J connectivity index is 2.40. The Morgan fingerprint density at radius 2 is 1.89 bits per heavy atom. The molecule has 0 aliphatic rings. The summed E-state index contributed by atoms with van der Waals surface area (Å²) in [5, 5.41) is 20.8. The zero-order valence-electron chi connectivity index (χ0n) is 11.4. The first-order valence-electron chi connectivity index (χ1n) is 6.34. The number of nitrogens with zero attached hydrogens (tertiary/aromatic N) is 4. The van der Waals surface area contributed by atoms with Gasteiger partial charge in [0.25, 0.3) is 0 Å². The highest BCUT2D eigenvalue weighted by molar-refractivity contribution is 5.48. The first-order valence-corrected chi connectivity index (χ1v) is 6.34. The minimum absolute atomic E-state index is 0.326. The van der Waals surface area contributed by atoms with Crippen LogP contribution < -0.4 is 5.32 Å². The Bertz CT molecular complexity index is 601.